The number of hydrogen-bond acceptors (Lipinski definition) is 4. The molecule has 3 rings (SSSR count). The molecule has 0 saturated carbocycles. The largest absolute Gasteiger partial charge is 0.419 e. The normalized spacial score (nSPS) is 10.8. The highest BCUT2D eigenvalue weighted by atomic mass is 32.1. The van der Waals surface area contributed by atoms with E-state index in [9.17, 15) is 9.59 Å². The van der Waals surface area contributed by atoms with Gasteiger partial charge in [-0.3, -0.25) is 9.36 Å². The van der Waals surface area contributed by atoms with Crippen molar-refractivity contribution in [1.29, 1.82) is 0 Å². The van der Waals surface area contributed by atoms with E-state index in [0.717, 1.165) is 5.52 Å². The molecule has 0 spiro atoms. The van der Waals surface area contributed by atoms with Crippen molar-refractivity contribution in [1.82, 2.24) is 4.57 Å². The van der Waals surface area contributed by atoms with Crippen molar-refractivity contribution in [3.8, 4) is 0 Å². The van der Waals surface area contributed by atoms with Crippen molar-refractivity contribution in [2.24, 2.45) is 0 Å². The molecule has 1 amide bonds. The Balaban J connectivity index is 1.94. The zero-order valence-electron chi connectivity index (χ0n) is 10.8. The molecular formula is C14H12N2O3S. The molecule has 2 heterocycles. The second-order valence-electron chi connectivity index (χ2n) is 4.23. The first-order chi connectivity index (χ1) is 9.69. The second-order valence-corrected chi connectivity index (χ2v) is 5.17. The van der Waals surface area contributed by atoms with Crippen LogP contribution in [0.1, 0.15) is 16.6 Å². The first kappa shape index (κ1) is 12.7. The molecule has 6 heteroatoms. The Morgan fingerprint density at radius 2 is 2.25 bits per heavy atom. The maximum absolute atomic E-state index is 11.9. The summed E-state index contributed by atoms with van der Waals surface area (Å²) in [5.41, 5.74) is 1.81. The number of carbonyl (C=O) groups excluding carboxylic acids is 1. The third-order valence-corrected chi connectivity index (χ3v) is 3.86. The number of carbonyl (C=O) groups is 1. The van der Waals surface area contributed by atoms with Gasteiger partial charge in [-0.25, -0.2) is 4.79 Å². The minimum absolute atomic E-state index is 0.170. The van der Waals surface area contributed by atoms with Gasteiger partial charge in [0.2, 0.25) is 0 Å². The fraction of sp³-hybridized carbons (Fsp3) is 0.143. The highest BCUT2D eigenvalue weighted by Crippen LogP contribution is 2.19. The fourth-order valence-electron chi connectivity index (χ4n) is 2.04. The molecule has 0 aliphatic rings. The predicted molar refractivity (Wildman–Crippen MR) is 78.4 cm³/mol. The Kier molecular flexibility index (Phi) is 3.15. The van der Waals surface area contributed by atoms with E-state index < -0.39 is 0 Å². The van der Waals surface area contributed by atoms with Crippen LogP contribution in [-0.2, 0) is 6.54 Å². The average molecular weight is 288 g/mol. The number of thiophene rings is 1. The standard InChI is InChI=1S/C14H12N2O3S/c1-2-16-10-6-5-9(8-11(10)19-14(16)18)15-13(17)12-4-3-7-20-12/h3-8H,2H2,1H3,(H,15,17). The molecular weight excluding hydrogens is 276 g/mol. The lowest BCUT2D eigenvalue weighted by Crippen LogP contribution is -2.12. The Morgan fingerprint density at radius 3 is 2.95 bits per heavy atom. The van der Waals surface area contributed by atoms with Crippen LogP contribution in [0, 0.1) is 0 Å². The maximum atomic E-state index is 11.9. The second kappa shape index (κ2) is 4.97. The lowest BCUT2D eigenvalue weighted by Gasteiger charge is -2.03. The third-order valence-electron chi connectivity index (χ3n) is 2.99. The van der Waals surface area contributed by atoms with Crippen LogP contribution < -0.4 is 11.1 Å². The molecule has 0 radical (unpaired) electrons. The number of benzene rings is 1. The van der Waals surface area contributed by atoms with Crippen molar-refractivity contribution < 1.29 is 9.21 Å². The molecule has 0 fully saturated rings. The first-order valence-corrected chi connectivity index (χ1v) is 7.05. The van der Waals surface area contributed by atoms with Crippen LogP contribution in [0.5, 0.6) is 0 Å². The number of anilines is 1. The van der Waals surface area contributed by atoms with Gasteiger partial charge < -0.3 is 9.73 Å². The van der Waals surface area contributed by atoms with E-state index in [4.69, 9.17) is 4.42 Å². The number of oxazole rings is 1. The lowest BCUT2D eigenvalue weighted by molar-refractivity contribution is 0.103. The summed E-state index contributed by atoms with van der Waals surface area (Å²) in [7, 11) is 0. The van der Waals surface area contributed by atoms with E-state index in [1.807, 2.05) is 18.4 Å². The highest BCUT2D eigenvalue weighted by Gasteiger charge is 2.11. The van der Waals surface area contributed by atoms with E-state index in [0.29, 0.717) is 22.7 Å². The van der Waals surface area contributed by atoms with E-state index in [1.54, 1.807) is 28.8 Å². The average Bonchev–Trinajstić information content (AvgIpc) is 3.04. The number of hydrogen-bond donors (Lipinski definition) is 1. The van der Waals surface area contributed by atoms with E-state index in [2.05, 4.69) is 5.32 Å². The molecule has 0 bridgehead atoms. The van der Waals surface area contributed by atoms with Gasteiger partial charge in [-0.2, -0.15) is 0 Å². The Labute approximate surface area is 118 Å². The van der Waals surface area contributed by atoms with Crippen molar-refractivity contribution in [3.63, 3.8) is 0 Å². The summed E-state index contributed by atoms with van der Waals surface area (Å²) in [6.07, 6.45) is 0. The SMILES string of the molecule is CCn1c(=O)oc2cc(NC(=O)c3cccs3)ccc21. The Bertz CT molecular complexity index is 815. The molecule has 2 aromatic heterocycles. The number of aryl methyl sites for hydroxylation is 1. The van der Waals surface area contributed by atoms with Crippen LogP contribution in [0.25, 0.3) is 11.1 Å². The van der Waals surface area contributed by atoms with Crippen molar-refractivity contribution in [2.45, 2.75) is 13.5 Å². The van der Waals surface area contributed by atoms with Crippen LogP contribution in [0.2, 0.25) is 0 Å². The predicted octanol–water partition coefficient (Wildman–Crippen LogP) is 2.93. The smallest absolute Gasteiger partial charge is 0.408 e. The summed E-state index contributed by atoms with van der Waals surface area (Å²) in [4.78, 5) is 24.2. The Morgan fingerprint density at radius 1 is 1.40 bits per heavy atom. The number of fused-ring (bicyclic) bond motifs is 1. The van der Waals surface area contributed by atoms with Gasteiger partial charge in [-0.1, -0.05) is 6.07 Å². The van der Waals surface area contributed by atoms with Crippen molar-refractivity contribution in [2.75, 3.05) is 5.32 Å². The van der Waals surface area contributed by atoms with E-state index in [-0.39, 0.29) is 11.7 Å². The molecule has 0 aliphatic heterocycles. The van der Waals surface area contributed by atoms with Gasteiger partial charge in [0, 0.05) is 18.3 Å². The van der Waals surface area contributed by atoms with Crippen LogP contribution in [0.3, 0.4) is 0 Å². The summed E-state index contributed by atoms with van der Waals surface area (Å²) in [5, 5.41) is 4.63. The van der Waals surface area contributed by atoms with Crippen molar-refractivity contribution >= 4 is 34.0 Å². The van der Waals surface area contributed by atoms with Gasteiger partial charge in [0.05, 0.1) is 10.4 Å². The quantitative estimate of drug-likeness (QED) is 0.806. The third kappa shape index (κ3) is 2.14. The van der Waals surface area contributed by atoms with Gasteiger partial charge in [0.25, 0.3) is 5.91 Å². The summed E-state index contributed by atoms with van der Waals surface area (Å²) in [6.45, 7) is 2.43. The minimum Gasteiger partial charge on any atom is -0.408 e. The van der Waals surface area contributed by atoms with Gasteiger partial charge >= 0.3 is 5.76 Å². The summed E-state index contributed by atoms with van der Waals surface area (Å²) >= 11 is 1.37. The molecule has 0 aliphatic carbocycles. The number of amides is 1. The van der Waals surface area contributed by atoms with Crippen molar-refractivity contribution in [3.05, 3.63) is 51.1 Å². The monoisotopic (exact) mass is 288 g/mol. The van der Waals surface area contributed by atoms with Crippen LogP contribution in [0.15, 0.2) is 44.9 Å². The highest BCUT2D eigenvalue weighted by molar-refractivity contribution is 7.12. The molecule has 0 unspecified atom stereocenters. The molecule has 20 heavy (non-hydrogen) atoms. The van der Waals surface area contributed by atoms with E-state index >= 15 is 0 Å². The molecule has 1 aromatic carbocycles. The minimum atomic E-state index is -0.385. The topological polar surface area (TPSA) is 64.2 Å². The number of nitrogens with one attached hydrogen (secondary N) is 1. The van der Waals surface area contributed by atoms with Crippen LogP contribution in [0.4, 0.5) is 5.69 Å². The molecule has 102 valence electrons. The number of aromatic nitrogens is 1. The zero-order valence-corrected chi connectivity index (χ0v) is 11.6. The van der Waals surface area contributed by atoms with Crippen LogP contribution >= 0.6 is 11.3 Å². The Hall–Kier alpha value is -2.34. The number of nitrogens with zero attached hydrogens (tertiary/aromatic N) is 1. The molecule has 0 saturated heterocycles. The summed E-state index contributed by atoms with van der Waals surface area (Å²) < 4.78 is 6.70. The zero-order chi connectivity index (χ0) is 14.1. The molecule has 1 N–H and O–H groups in total. The molecule has 0 atom stereocenters. The summed E-state index contributed by atoms with van der Waals surface area (Å²) in [6, 6.07) is 8.77. The summed E-state index contributed by atoms with van der Waals surface area (Å²) in [5.74, 6) is -0.555. The van der Waals surface area contributed by atoms with Gasteiger partial charge in [0.15, 0.2) is 5.58 Å². The number of rotatable bonds is 3. The fourth-order valence-corrected chi connectivity index (χ4v) is 2.66. The molecule has 5 nitrogen and oxygen atoms in total. The van der Waals surface area contributed by atoms with Gasteiger partial charge in [0.1, 0.15) is 0 Å². The van der Waals surface area contributed by atoms with Gasteiger partial charge in [-0.15, -0.1) is 11.3 Å². The van der Waals surface area contributed by atoms with Crippen LogP contribution in [-0.4, -0.2) is 10.5 Å². The van der Waals surface area contributed by atoms with Gasteiger partial charge in [-0.05, 0) is 30.5 Å². The first-order valence-electron chi connectivity index (χ1n) is 6.17. The van der Waals surface area contributed by atoms with E-state index in [1.165, 1.54) is 11.3 Å². The maximum Gasteiger partial charge on any atom is 0.419 e. The lowest BCUT2D eigenvalue weighted by atomic mass is 10.2. The molecule has 3 aromatic rings.